The van der Waals surface area contributed by atoms with E-state index < -0.39 is 0 Å². The lowest BCUT2D eigenvalue weighted by Gasteiger charge is -2.27. The van der Waals surface area contributed by atoms with Crippen molar-refractivity contribution in [3.05, 3.63) is 0 Å². The Morgan fingerprint density at radius 1 is 1.08 bits per heavy atom. The first-order valence-electron chi connectivity index (χ1n) is 5.72. The maximum Gasteiger partial charge on any atom is 0.0469 e. The Bertz CT molecular complexity index is 179. The van der Waals surface area contributed by atoms with E-state index in [9.17, 15) is 0 Å². The summed E-state index contributed by atoms with van der Waals surface area (Å²) in [5.41, 5.74) is 0. The van der Waals surface area contributed by atoms with Gasteiger partial charge in [0.05, 0.1) is 0 Å². The predicted octanol–water partition coefficient (Wildman–Crippen LogP) is 1.36. The zero-order valence-electron chi connectivity index (χ0n) is 8.24. The molecule has 2 nitrogen and oxygen atoms in total. The maximum atomic E-state index is 5.38. The number of hydrogen-bond acceptors (Lipinski definition) is 2. The van der Waals surface area contributed by atoms with E-state index in [1.165, 1.54) is 38.9 Å². The summed E-state index contributed by atoms with van der Waals surface area (Å²) in [5.74, 6) is 3.13. The third-order valence-electron chi connectivity index (χ3n) is 3.91. The molecule has 2 saturated heterocycles. The van der Waals surface area contributed by atoms with Crippen molar-refractivity contribution in [1.82, 2.24) is 4.90 Å². The van der Waals surface area contributed by atoms with Crippen molar-refractivity contribution in [3.63, 3.8) is 0 Å². The number of fused-ring (bicyclic) bond motifs is 1. The molecule has 0 amide bonds. The first kappa shape index (κ1) is 8.25. The highest BCUT2D eigenvalue weighted by Crippen LogP contribution is 2.45. The van der Waals surface area contributed by atoms with Gasteiger partial charge in [0.1, 0.15) is 0 Å². The summed E-state index contributed by atoms with van der Waals surface area (Å²) >= 11 is 0. The second-order valence-corrected chi connectivity index (χ2v) is 5.03. The summed E-state index contributed by atoms with van der Waals surface area (Å²) in [6.07, 6.45) is 4.13. The zero-order chi connectivity index (χ0) is 8.67. The van der Waals surface area contributed by atoms with E-state index in [1.807, 2.05) is 0 Å². The fourth-order valence-corrected chi connectivity index (χ4v) is 2.94. The average molecular weight is 181 g/mol. The first-order chi connectivity index (χ1) is 6.42. The Labute approximate surface area is 80.2 Å². The lowest BCUT2D eigenvalue weighted by Crippen LogP contribution is -2.32. The average Bonchev–Trinajstić information content (AvgIpc) is 2.76. The smallest absolute Gasteiger partial charge is 0.0469 e. The van der Waals surface area contributed by atoms with Crippen LogP contribution in [0.2, 0.25) is 0 Å². The lowest BCUT2D eigenvalue weighted by atomic mass is 10.00. The number of ether oxygens (including phenoxy) is 1. The highest BCUT2D eigenvalue weighted by molar-refractivity contribution is 4.97. The molecule has 1 aliphatic carbocycles. The molecule has 2 heteroatoms. The fourth-order valence-electron chi connectivity index (χ4n) is 2.94. The number of rotatable bonds is 2. The van der Waals surface area contributed by atoms with Gasteiger partial charge in [-0.25, -0.2) is 0 Å². The van der Waals surface area contributed by atoms with Crippen molar-refractivity contribution in [2.75, 3.05) is 32.8 Å². The van der Waals surface area contributed by atoms with E-state index in [4.69, 9.17) is 4.74 Å². The van der Waals surface area contributed by atoms with Crippen LogP contribution in [0.3, 0.4) is 0 Å². The van der Waals surface area contributed by atoms with Gasteiger partial charge < -0.3 is 9.64 Å². The van der Waals surface area contributed by atoms with Crippen LogP contribution in [-0.4, -0.2) is 37.7 Å². The van der Waals surface area contributed by atoms with Crippen LogP contribution in [-0.2, 0) is 4.74 Å². The van der Waals surface area contributed by atoms with E-state index >= 15 is 0 Å². The monoisotopic (exact) mass is 181 g/mol. The molecule has 0 aromatic rings. The van der Waals surface area contributed by atoms with Crippen LogP contribution in [0, 0.1) is 17.8 Å². The van der Waals surface area contributed by atoms with Gasteiger partial charge in [0.25, 0.3) is 0 Å². The molecule has 0 spiro atoms. The normalized spacial score (nSPS) is 40.6. The largest absolute Gasteiger partial charge is 0.381 e. The summed E-state index contributed by atoms with van der Waals surface area (Å²) in [6.45, 7) is 6.18. The van der Waals surface area contributed by atoms with Gasteiger partial charge in [-0.05, 0) is 37.0 Å². The molecule has 2 heterocycles. The molecular formula is C11H19NO. The summed E-state index contributed by atoms with van der Waals surface area (Å²) in [4.78, 5) is 2.69. The van der Waals surface area contributed by atoms with E-state index in [-0.39, 0.29) is 0 Å². The van der Waals surface area contributed by atoms with E-state index in [0.717, 1.165) is 31.0 Å². The molecule has 3 fully saturated rings. The van der Waals surface area contributed by atoms with Gasteiger partial charge in [-0.3, -0.25) is 0 Å². The van der Waals surface area contributed by atoms with Crippen LogP contribution in [0.25, 0.3) is 0 Å². The standard InChI is InChI=1S/C11H19NO/c1-3-13-4-2-9(1)6-12-7-10-5-11(10)8-12/h9-11H,1-8H2. The summed E-state index contributed by atoms with van der Waals surface area (Å²) in [6, 6.07) is 0. The fraction of sp³-hybridized carbons (Fsp3) is 1.00. The van der Waals surface area contributed by atoms with E-state index in [0.29, 0.717) is 0 Å². The minimum Gasteiger partial charge on any atom is -0.381 e. The van der Waals surface area contributed by atoms with Crippen molar-refractivity contribution in [1.29, 1.82) is 0 Å². The van der Waals surface area contributed by atoms with Crippen molar-refractivity contribution >= 4 is 0 Å². The molecule has 2 aliphatic heterocycles. The molecule has 0 bridgehead atoms. The van der Waals surface area contributed by atoms with Crippen molar-refractivity contribution < 1.29 is 4.74 Å². The number of nitrogens with zero attached hydrogens (tertiary/aromatic N) is 1. The van der Waals surface area contributed by atoms with Gasteiger partial charge in [0, 0.05) is 32.8 Å². The second-order valence-electron chi connectivity index (χ2n) is 5.03. The SMILES string of the molecule is C1CC(CN2CC3CC3C2)CCO1. The molecule has 2 unspecified atom stereocenters. The molecule has 3 rings (SSSR count). The molecule has 3 aliphatic rings. The number of hydrogen-bond donors (Lipinski definition) is 0. The van der Waals surface area contributed by atoms with Crippen LogP contribution in [0.5, 0.6) is 0 Å². The van der Waals surface area contributed by atoms with E-state index in [2.05, 4.69) is 4.90 Å². The van der Waals surface area contributed by atoms with Crippen molar-refractivity contribution in [3.8, 4) is 0 Å². The summed E-state index contributed by atoms with van der Waals surface area (Å²) in [5, 5.41) is 0. The van der Waals surface area contributed by atoms with Crippen LogP contribution < -0.4 is 0 Å². The molecule has 74 valence electrons. The minimum absolute atomic E-state index is 0.936. The van der Waals surface area contributed by atoms with Gasteiger partial charge in [0.2, 0.25) is 0 Å². The molecule has 0 aromatic heterocycles. The van der Waals surface area contributed by atoms with Crippen molar-refractivity contribution in [2.24, 2.45) is 17.8 Å². The van der Waals surface area contributed by atoms with Gasteiger partial charge in [-0.15, -0.1) is 0 Å². The molecule has 0 N–H and O–H groups in total. The minimum atomic E-state index is 0.936. The highest BCUT2D eigenvalue weighted by Gasteiger charge is 2.45. The van der Waals surface area contributed by atoms with Gasteiger partial charge in [-0.1, -0.05) is 0 Å². The molecule has 0 aromatic carbocycles. The Balaban J connectivity index is 1.46. The number of piperidine rings is 1. The molecule has 13 heavy (non-hydrogen) atoms. The van der Waals surface area contributed by atoms with Crippen molar-refractivity contribution in [2.45, 2.75) is 19.3 Å². The molecule has 0 radical (unpaired) electrons. The molecular weight excluding hydrogens is 162 g/mol. The third-order valence-corrected chi connectivity index (χ3v) is 3.91. The first-order valence-corrected chi connectivity index (χ1v) is 5.72. The van der Waals surface area contributed by atoms with Gasteiger partial charge >= 0.3 is 0 Å². The Morgan fingerprint density at radius 2 is 1.77 bits per heavy atom. The lowest BCUT2D eigenvalue weighted by molar-refractivity contribution is 0.0542. The Hall–Kier alpha value is -0.0800. The summed E-state index contributed by atoms with van der Waals surface area (Å²) in [7, 11) is 0. The number of likely N-dealkylation sites (tertiary alicyclic amines) is 1. The van der Waals surface area contributed by atoms with E-state index in [1.54, 1.807) is 0 Å². The molecule has 2 atom stereocenters. The zero-order valence-corrected chi connectivity index (χ0v) is 8.24. The van der Waals surface area contributed by atoms with Crippen LogP contribution in [0.1, 0.15) is 19.3 Å². The van der Waals surface area contributed by atoms with Gasteiger partial charge in [-0.2, -0.15) is 0 Å². The second kappa shape index (κ2) is 3.25. The Kier molecular flexibility index (Phi) is 2.06. The highest BCUT2D eigenvalue weighted by atomic mass is 16.5. The molecule has 1 saturated carbocycles. The third kappa shape index (κ3) is 1.75. The summed E-state index contributed by atoms with van der Waals surface area (Å²) < 4.78 is 5.38. The Morgan fingerprint density at radius 3 is 2.46 bits per heavy atom. The maximum absolute atomic E-state index is 5.38. The quantitative estimate of drug-likeness (QED) is 0.638. The van der Waals surface area contributed by atoms with Crippen LogP contribution in [0.4, 0.5) is 0 Å². The van der Waals surface area contributed by atoms with Crippen LogP contribution >= 0.6 is 0 Å². The van der Waals surface area contributed by atoms with Crippen LogP contribution in [0.15, 0.2) is 0 Å². The van der Waals surface area contributed by atoms with Gasteiger partial charge in [0.15, 0.2) is 0 Å². The topological polar surface area (TPSA) is 12.5 Å². The predicted molar refractivity (Wildman–Crippen MR) is 51.6 cm³/mol.